The number of hydrogen-bond acceptors (Lipinski definition) is 1. The van der Waals surface area contributed by atoms with Gasteiger partial charge in [0.25, 0.3) is 0 Å². The first-order chi connectivity index (χ1) is 7.83. The van der Waals surface area contributed by atoms with E-state index in [-0.39, 0.29) is 5.92 Å². The van der Waals surface area contributed by atoms with Crippen LogP contribution in [0, 0.1) is 0 Å². The molecule has 1 atom stereocenters. The van der Waals surface area contributed by atoms with Crippen LogP contribution in [0.1, 0.15) is 30.0 Å². The van der Waals surface area contributed by atoms with Crippen LogP contribution in [0.4, 0.5) is 0 Å². The third-order valence-electron chi connectivity index (χ3n) is 3.74. The quantitative estimate of drug-likeness (QED) is 0.668. The highest BCUT2D eigenvalue weighted by Crippen LogP contribution is 2.37. The van der Waals surface area contributed by atoms with Crippen molar-refractivity contribution in [2.75, 3.05) is 0 Å². The lowest BCUT2D eigenvalue weighted by Gasteiger charge is -2.19. The van der Waals surface area contributed by atoms with Gasteiger partial charge in [0.05, 0.1) is 0 Å². The molecule has 1 aliphatic rings. The number of hydrogen-bond donors (Lipinski definition) is 0. The Hall–Kier alpha value is -1.57. The van der Waals surface area contributed by atoms with Crippen molar-refractivity contribution in [1.82, 2.24) is 4.57 Å². The molecule has 1 unspecified atom stereocenters. The number of para-hydroxylation sites is 1. The highest BCUT2D eigenvalue weighted by Gasteiger charge is 2.25. The third kappa shape index (κ3) is 1.16. The summed E-state index contributed by atoms with van der Waals surface area (Å²) in [6.45, 7) is 0. The van der Waals surface area contributed by atoms with Crippen molar-refractivity contribution in [3.63, 3.8) is 0 Å². The van der Waals surface area contributed by atoms with Crippen LogP contribution in [0.15, 0.2) is 24.3 Å². The molecule has 0 fully saturated rings. The van der Waals surface area contributed by atoms with E-state index in [1.165, 1.54) is 22.2 Å². The van der Waals surface area contributed by atoms with Gasteiger partial charge in [-0.05, 0) is 30.9 Å². The number of aromatic nitrogens is 1. The van der Waals surface area contributed by atoms with Gasteiger partial charge in [0.15, 0.2) is 0 Å². The summed E-state index contributed by atoms with van der Waals surface area (Å²) in [6.07, 6.45) is 4.35. The minimum Gasteiger partial charge on any atom is -0.347 e. The Morgan fingerprint density at radius 1 is 1.38 bits per heavy atom. The molecular weight excluding hydrogens is 198 g/mol. The van der Waals surface area contributed by atoms with E-state index < -0.39 is 0 Å². The van der Waals surface area contributed by atoms with Crippen LogP contribution >= 0.6 is 0 Å². The van der Waals surface area contributed by atoms with Crippen LogP contribution in [-0.4, -0.2) is 10.9 Å². The number of nitrogens with zero attached hydrogens (tertiary/aromatic N) is 1. The Kier molecular flexibility index (Phi) is 2.10. The molecular formula is C14H15NO. The van der Waals surface area contributed by atoms with Gasteiger partial charge in [-0.15, -0.1) is 0 Å². The summed E-state index contributed by atoms with van der Waals surface area (Å²) in [5.41, 5.74) is 3.88. The standard InChI is InChI=1S/C14H15NO/c1-15-12-7-3-2-6-11(12)14-10(9-16)5-4-8-13(14)15/h2-3,6-7,9-10H,4-5,8H2,1H3. The highest BCUT2D eigenvalue weighted by atomic mass is 16.1. The summed E-state index contributed by atoms with van der Waals surface area (Å²) < 4.78 is 2.25. The second kappa shape index (κ2) is 3.48. The maximum Gasteiger partial charge on any atom is 0.127 e. The number of benzene rings is 1. The lowest BCUT2D eigenvalue weighted by molar-refractivity contribution is -0.109. The molecule has 16 heavy (non-hydrogen) atoms. The average Bonchev–Trinajstić information content (AvgIpc) is 2.64. The van der Waals surface area contributed by atoms with Gasteiger partial charge in [-0.25, -0.2) is 0 Å². The van der Waals surface area contributed by atoms with Gasteiger partial charge in [0.1, 0.15) is 6.29 Å². The van der Waals surface area contributed by atoms with Crippen LogP contribution in [0.25, 0.3) is 10.9 Å². The summed E-state index contributed by atoms with van der Waals surface area (Å²) in [4.78, 5) is 11.2. The van der Waals surface area contributed by atoms with Gasteiger partial charge in [-0.3, -0.25) is 0 Å². The molecule has 0 spiro atoms. The number of carbonyl (C=O) groups excluding carboxylic acids is 1. The van der Waals surface area contributed by atoms with Crippen molar-refractivity contribution < 1.29 is 4.79 Å². The molecule has 0 amide bonds. The van der Waals surface area contributed by atoms with E-state index in [2.05, 4.69) is 35.9 Å². The molecule has 1 heterocycles. The zero-order chi connectivity index (χ0) is 11.1. The van der Waals surface area contributed by atoms with Gasteiger partial charge in [-0.2, -0.15) is 0 Å². The van der Waals surface area contributed by atoms with E-state index in [1.54, 1.807) is 0 Å². The Morgan fingerprint density at radius 2 is 2.19 bits per heavy atom. The average molecular weight is 213 g/mol. The lowest BCUT2D eigenvalue weighted by Crippen LogP contribution is -2.11. The maximum atomic E-state index is 11.2. The zero-order valence-electron chi connectivity index (χ0n) is 9.44. The number of rotatable bonds is 1. The smallest absolute Gasteiger partial charge is 0.127 e. The van der Waals surface area contributed by atoms with Crippen molar-refractivity contribution in [1.29, 1.82) is 0 Å². The molecule has 2 aromatic rings. The Balaban J connectivity index is 2.38. The predicted octanol–water partition coefficient (Wildman–Crippen LogP) is 2.80. The topological polar surface area (TPSA) is 22.0 Å². The molecule has 0 radical (unpaired) electrons. The van der Waals surface area contributed by atoms with Gasteiger partial charge >= 0.3 is 0 Å². The van der Waals surface area contributed by atoms with Crippen molar-refractivity contribution >= 4 is 17.2 Å². The fourth-order valence-electron chi connectivity index (χ4n) is 2.96. The number of aryl methyl sites for hydroxylation is 1. The molecule has 2 nitrogen and oxygen atoms in total. The summed E-state index contributed by atoms with van der Waals surface area (Å²) >= 11 is 0. The SMILES string of the molecule is Cn1c2c(c3ccccc31)C(C=O)CCC2. The van der Waals surface area contributed by atoms with Crippen LogP contribution in [-0.2, 0) is 18.3 Å². The first-order valence-corrected chi connectivity index (χ1v) is 5.84. The summed E-state index contributed by atoms with van der Waals surface area (Å²) in [6, 6.07) is 8.38. The fraction of sp³-hybridized carbons (Fsp3) is 0.357. The molecule has 0 bridgehead atoms. The Bertz CT molecular complexity index is 553. The van der Waals surface area contributed by atoms with Crippen molar-refractivity contribution in [3.8, 4) is 0 Å². The minimum atomic E-state index is 0.106. The first-order valence-electron chi connectivity index (χ1n) is 5.84. The molecule has 3 rings (SSSR count). The Labute approximate surface area is 94.9 Å². The number of carbonyl (C=O) groups is 1. The molecule has 1 aliphatic carbocycles. The maximum absolute atomic E-state index is 11.2. The fourth-order valence-corrected chi connectivity index (χ4v) is 2.96. The third-order valence-corrected chi connectivity index (χ3v) is 3.74. The van der Waals surface area contributed by atoms with Crippen LogP contribution < -0.4 is 0 Å². The van der Waals surface area contributed by atoms with E-state index in [0.717, 1.165) is 25.5 Å². The normalized spacial score (nSPS) is 19.7. The van der Waals surface area contributed by atoms with E-state index in [9.17, 15) is 4.79 Å². The zero-order valence-corrected chi connectivity index (χ0v) is 9.44. The molecule has 82 valence electrons. The molecule has 0 aliphatic heterocycles. The number of aldehydes is 1. The monoisotopic (exact) mass is 213 g/mol. The second-order valence-electron chi connectivity index (χ2n) is 4.57. The lowest BCUT2D eigenvalue weighted by atomic mass is 9.86. The Morgan fingerprint density at radius 3 is 3.00 bits per heavy atom. The molecule has 0 saturated carbocycles. The summed E-state index contributed by atoms with van der Waals surface area (Å²) in [5, 5.41) is 1.26. The van der Waals surface area contributed by atoms with Crippen molar-refractivity contribution in [2.45, 2.75) is 25.2 Å². The van der Waals surface area contributed by atoms with Crippen molar-refractivity contribution in [2.24, 2.45) is 7.05 Å². The summed E-state index contributed by atoms with van der Waals surface area (Å²) in [5.74, 6) is 0.106. The van der Waals surface area contributed by atoms with Crippen molar-refractivity contribution in [3.05, 3.63) is 35.5 Å². The minimum absolute atomic E-state index is 0.106. The highest BCUT2D eigenvalue weighted by molar-refractivity contribution is 5.89. The van der Waals surface area contributed by atoms with Gasteiger partial charge in [0, 0.05) is 29.6 Å². The number of fused-ring (bicyclic) bond motifs is 3. The van der Waals surface area contributed by atoms with E-state index in [4.69, 9.17) is 0 Å². The van der Waals surface area contributed by atoms with E-state index in [0.29, 0.717) is 0 Å². The summed E-state index contributed by atoms with van der Waals surface area (Å²) in [7, 11) is 2.11. The molecule has 2 heteroatoms. The molecule has 1 aromatic heterocycles. The molecule has 0 N–H and O–H groups in total. The molecule has 1 aromatic carbocycles. The molecule has 0 saturated heterocycles. The second-order valence-corrected chi connectivity index (χ2v) is 4.57. The van der Waals surface area contributed by atoms with Crippen LogP contribution in [0.2, 0.25) is 0 Å². The van der Waals surface area contributed by atoms with E-state index >= 15 is 0 Å². The first kappa shape index (κ1) is 9.64. The van der Waals surface area contributed by atoms with E-state index in [1.807, 2.05) is 0 Å². The predicted molar refractivity (Wildman–Crippen MR) is 64.7 cm³/mol. The van der Waals surface area contributed by atoms with Gasteiger partial charge in [0.2, 0.25) is 0 Å². The van der Waals surface area contributed by atoms with Crippen LogP contribution in [0.5, 0.6) is 0 Å². The van der Waals surface area contributed by atoms with Crippen LogP contribution in [0.3, 0.4) is 0 Å². The van der Waals surface area contributed by atoms with Gasteiger partial charge in [-0.1, -0.05) is 18.2 Å². The van der Waals surface area contributed by atoms with Gasteiger partial charge < -0.3 is 9.36 Å². The largest absolute Gasteiger partial charge is 0.347 e.